The van der Waals surface area contributed by atoms with Crippen molar-refractivity contribution in [2.75, 3.05) is 13.2 Å². The van der Waals surface area contributed by atoms with Crippen LogP contribution in [0.4, 0.5) is 0 Å². The number of hydrogen-bond donors (Lipinski definition) is 2. The zero-order valence-corrected chi connectivity index (χ0v) is 15.6. The van der Waals surface area contributed by atoms with E-state index in [9.17, 15) is 0 Å². The molecule has 3 atom stereocenters. The highest BCUT2D eigenvalue weighted by Gasteiger charge is 2.66. The van der Waals surface area contributed by atoms with Gasteiger partial charge in [0.25, 0.3) is 0 Å². The maximum atomic E-state index is 6.07. The van der Waals surface area contributed by atoms with Crippen LogP contribution in [0.1, 0.15) is 57.1 Å². The molecule has 5 nitrogen and oxygen atoms in total. The van der Waals surface area contributed by atoms with Crippen LogP contribution in [0.3, 0.4) is 0 Å². The summed E-state index contributed by atoms with van der Waals surface area (Å²) in [5.41, 5.74) is 0.389. The number of rotatable bonds is 5. The van der Waals surface area contributed by atoms with E-state index < -0.39 is 0 Å². The molecule has 0 radical (unpaired) electrons. The smallest absolute Gasteiger partial charge is 0.191 e. The molecule has 26 heavy (non-hydrogen) atoms. The molecule has 4 fully saturated rings. The summed E-state index contributed by atoms with van der Waals surface area (Å²) < 4.78 is 11.5. The van der Waals surface area contributed by atoms with E-state index in [1.807, 2.05) is 12.1 Å². The number of furan rings is 1. The summed E-state index contributed by atoms with van der Waals surface area (Å²) in [4.78, 5) is 4.92. The van der Waals surface area contributed by atoms with Gasteiger partial charge in [-0.2, -0.15) is 0 Å². The fourth-order valence-corrected chi connectivity index (χ4v) is 5.73. The van der Waals surface area contributed by atoms with Crippen molar-refractivity contribution in [3.8, 4) is 0 Å². The zero-order valence-electron chi connectivity index (χ0n) is 15.6. The van der Waals surface area contributed by atoms with E-state index in [1.165, 1.54) is 51.4 Å². The van der Waals surface area contributed by atoms with E-state index in [0.717, 1.165) is 31.3 Å². The van der Waals surface area contributed by atoms with Crippen LogP contribution in [0.5, 0.6) is 0 Å². The number of aliphatic imine (C=N–C) groups is 1. The average molecular weight is 357 g/mol. The number of nitrogens with one attached hydrogen (secondary N) is 2. The maximum Gasteiger partial charge on any atom is 0.191 e. The van der Waals surface area contributed by atoms with E-state index in [4.69, 9.17) is 14.1 Å². The highest BCUT2D eigenvalue weighted by Crippen LogP contribution is 2.62. The summed E-state index contributed by atoms with van der Waals surface area (Å²) in [5.74, 6) is 2.71. The Morgan fingerprint density at radius 3 is 2.77 bits per heavy atom. The lowest BCUT2D eigenvalue weighted by atomic mass is 9.46. The second-order valence-corrected chi connectivity index (χ2v) is 8.64. The Hall–Kier alpha value is -1.49. The third-order valence-corrected chi connectivity index (χ3v) is 7.23. The topological polar surface area (TPSA) is 58.8 Å². The maximum absolute atomic E-state index is 6.07. The van der Waals surface area contributed by atoms with Gasteiger partial charge in [0.1, 0.15) is 5.76 Å². The lowest BCUT2D eigenvalue weighted by Crippen LogP contribution is -2.72. The highest BCUT2D eigenvalue weighted by molar-refractivity contribution is 5.81. The van der Waals surface area contributed by atoms with Crippen LogP contribution in [-0.2, 0) is 11.2 Å². The van der Waals surface area contributed by atoms with Crippen LogP contribution in [0, 0.1) is 11.3 Å². The summed E-state index contributed by atoms with van der Waals surface area (Å²) in [6.07, 6.45) is 13.5. The van der Waals surface area contributed by atoms with Crippen molar-refractivity contribution >= 4 is 5.96 Å². The highest BCUT2D eigenvalue weighted by atomic mass is 16.5. The van der Waals surface area contributed by atoms with Crippen molar-refractivity contribution in [1.29, 1.82) is 0 Å². The van der Waals surface area contributed by atoms with Crippen LogP contribution in [0.25, 0.3) is 0 Å². The van der Waals surface area contributed by atoms with Crippen LogP contribution in [0.2, 0.25) is 0 Å². The fraction of sp³-hybridized carbons (Fsp3) is 0.762. The first-order valence-corrected chi connectivity index (χ1v) is 10.6. The van der Waals surface area contributed by atoms with Gasteiger partial charge in [0.15, 0.2) is 5.96 Å². The normalized spacial score (nSPS) is 32.9. The molecule has 0 amide bonds. The molecule has 142 valence electrons. The van der Waals surface area contributed by atoms with Gasteiger partial charge >= 0.3 is 0 Å². The molecule has 3 saturated carbocycles. The number of guanidine groups is 1. The Morgan fingerprint density at radius 1 is 1.15 bits per heavy atom. The molecule has 3 aliphatic carbocycles. The Balaban J connectivity index is 1.27. The minimum atomic E-state index is 0.389. The molecular weight excluding hydrogens is 326 g/mol. The van der Waals surface area contributed by atoms with Gasteiger partial charge in [-0.3, -0.25) is 4.99 Å². The van der Waals surface area contributed by atoms with Crippen molar-refractivity contribution in [2.24, 2.45) is 16.3 Å². The zero-order chi connectivity index (χ0) is 17.4. The number of fused-ring (bicyclic) bond motifs is 2. The summed E-state index contributed by atoms with van der Waals surface area (Å²) >= 11 is 0. The van der Waals surface area contributed by atoms with Gasteiger partial charge in [-0.05, 0) is 44.2 Å². The molecule has 3 unspecified atom stereocenters. The second-order valence-electron chi connectivity index (χ2n) is 8.64. The van der Waals surface area contributed by atoms with Crippen LogP contribution in [-0.4, -0.2) is 37.3 Å². The monoisotopic (exact) mass is 357 g/mol. The fourth-order valence-electron chi connectivity index (χ4n) is 5.73. The number of ether oxygens (including phenoxy) is 1. The molecule has 0 aromatic carbocycles. The van der Waals surface area contributed by atoms with Crippen molar-refractivity contribution in [3.05, 3.63) is 24.2 Å². The molecule has 5 rings (SSSR count). The van der Waals surface area contributed by atoms with Gasteiger partial charge in [0.05, 0.1) is 12.4 Å². The number of nitrogens with zero attached hydrogens (tertiary/aromatic N) is 1. The molecule has 4 aliphatic rings. The molecule has 2 heterocycles. The Labute approximate surface area is 156 Å². The molecule has 2 N–H and O–H groups in total. The van der Waals surface area contributed by atoms with Gasteiger partial charge < -0.3 is 19.8 Å². The minimum Gasteiger partial charge on any atom is -0.469 e. The van der Waals surface area contributed by atoms with Crippen LogP contribution >= 0.6 is 0 Å². The molecule has 0 bridgehead atoms. The SMILES string of the molecule is c1coc(CCN=C(NC2CCCC2)NC2C3CCOC3C23CCC3)c1. The molecular formula is C21H31N3O2. The van der Waals surface area contributed by atoms with E-state index >= 15 is 0 Å². The van der Waals surface area contributed by atoms with Gasteiger partial charge in [-0.1, -0.05) is 19.3 Å². The summed E-state index contributed by atoms with van der Waals surface area (Å²) in [6.45, 7) is 1.70. The molecule has 1 aromatic rings. The minimum absolute atomic E-state index is 0.389. The van der Waals surface area contributed by atoms with Crippen LogP contribution in [0.15, 0.2) is 27.8 Å². The Kier molecular flexibility index (Phi) is 4.43. The molecule has 1 aromatic heterocycles. The van der Waals surface area contributed by atoms with Crippen molar-refractivity contribution < 1.29 is 9.15 Å². The first kappa shape index (κ1) is 16.7. The summed E-state index contributed by atoms with van der Waals surface area (Å²) in [5, 5.41) is 7.58. The molecule has 5 heteroatoms. The summed E-state index contributed by atoms with van der Waals surface area (Å²) in [7, 11) is 0. The van der Waals surface area contributed by atoms with E-state index in [0.29, 0.717) is 29.5 Å². The van der Waals surface area contributed by atoms with Crippen LogP contribution < -0.4 is 10.6 Å². The Bertz CT molecular complexity index is 632. The predicted molar refractivity (Wildman–Crippen MR) is 101 cm³/mol. The largest absolute Gasteiger partial charge is 0.469 e. The standard InChI is InChI=1S/C21H31N3O2/c1-2-6-15(5-1)23-20(22-12-8-16-7-3-13-25-16)24-18-17-9-14-26-19(17)21(18)10-4-11-21/h3,7,13,15,17-19H,1-2,4-6,8-12,14H2,(H2,22,23,24). The Morgan fingerprint density at radius 2 is 2.04 bits per heavy atom. The van der Waals surface area contributed by atoms with Gasteiger partial charge in [0, 0.05) is 43.0 Å². The van der Waals surface area contributed by atoms with Gasteiger partial charge in [-0.25, -0.2) is 0 Å². The lowest BCUT2D eigenvalue weighted by molar-refractivity contribution is -0.171. The third kappa shape index (κ3) is 2.84. The van der Waals surface area contributed by atoms with E-state index in [-0.39, 0.29) is 0 Å². The van der Waals surface area contributed by atoms with E-state index in [1.54, 1.807) is 6.26 Å². The van der Waals surface area contributed by atoms with Crippen molar-refractivity contribution in [1.82, 2.24) is 10.6 Å². The van der Waals surface area contributed by atoms with E-state index in [2.05, 4.69) is 10.6 Å². The quantitative estimate of drug-likeness (QED) is 0.627. The van der Waals surface area contributed by atoms with Crippen molar-refractivity contribution in [2.45, 2.75) is 76.0 Å². The second kappa shape index (κ2) is 6.91. The average Bonchev–Trinajstić information content (AvgIpc) is 3.33. The molecule has 1 spiro atoms. The lowest BCUT2D eigenvalue weighted by Gasteiger charge is -2.63. The first-order valence-electron chi connectivity index (χ1n) is 10.6. The first-order chi connectivity index (χ1) is 12.9. The molecule has 1 aliphatic heterocycles. The van der Waals surface area contributed by atoms with Gasteiger partial charge in [0.2, 0.25) is 0 Å². The molecule has 1 saturated heterocycles. The number of hydrogen-bond acceptors (Lipinski definition) is 3. The third-order valence-electron chi connectivity index (χ3n) is 7.23. The summed E-state index contributed by atoms with van der Waals surface area (Å²) in [6, 6.07) is 5.10. The predicted octanol–water partition coefficient (Wildman–Crippen LogP) is 3.26. The van der Waals surface area contributed by atoms with Gasteiger partial charge in [-0.15, -0.1) is 0 Å². The van der Waals surface area contributed by atoms with Crippen molar-refractivity contribution in [3.63, 3.8) is 0 Å².